The van der Waals surface area contributed by atoms with Gasteiger partial charge in [-0.1, -0.05) is 26.8 Å². The molecule has 0 saturated carbocycles. The van der Waals surface area contributed by atoms with Crippen molar-refractivity contribution in [2.45, 2.75) is 31.7 Å². The first-order chi connectivity index (χ1) is 6.86. The molecule has 0 bridgehead atoms. The van der Waals surface area contributed by atoms with Gasteiger partial charge in [0.15, 0.2) is 0 Å². The lowest BCUT2D eigenvalue weighted by Gasteiger charge is -2.25. The second-order valence-electron chi connectivity index (χ2n) is 4.83. The Kier molecular flexibility index (Phi) is 3.84. The third kappa shape index (κ3) is 2.98. The van der Waals surface area contributed by atoms with E-state index in [0.29, 0.717) is 5.92 Å². The van der Waals surface area contributed by atoms with Crippen LogP contribution in [0.1, 0.15) is 37.8 Å². The Labute approximate surface area is 96.2 Å². The van der Waals surface area contributed by atoms with E-state index in [0.717, 1.165) is 5.75 Å². The molecule has 2 unspecified atom stereocenters. The van der Waals surface area contributed by atoms with Crippen LogP contribution in [0, 0.1) is 0 Å². The van der Waals surface area contributed by atoms with Crippen LogP contribution in [0.2, 0.25) is 0 Å². The lowest BCUT2D eigenvalue weighted by atomic mass is 9.77. The van der Waals surface area contributed by atoms with E-state index >= 15 is 0 Å². The molecule has 0 saturated heterocycles. The van der Waals surface area contributed by atoms with E-state index in [4.69, 9.17) is 4.74 Å². The summed E-state index contributed by atoms with van der Waals surface area (Å²) in [6, 6.07) is 6.35. The van der Waals surface area contributed by atoms with E-state index in [1.54, 1.807) is 7.11 Å². The number of benzene rings is 1. The van der Waals surface area contributed by atoms with Crippen molar-refractivity contribution < 1.29 is 4.74 Å². The van der Waals surface area contributed by atoms with Gasteiger partial charge in [-0.25, -0.2) is 0 Å². The molecule has 0 heterocycles. The molecule has 0 fully saturated rings. The Morgan fingerprint density at radius 2 is 2.00 bits per heavy atom. The summed E-state index contributed by atoms with van der Waals surface area (Å²) in [5.74, 6) is 1.46. The van der Waals surface area contributed by atoms with Crippen molar-refractivity contribution in [2.75, 3.05) is 7.11 Å². The van der Waals surface area contributed by atoms with Crippen LogP contribution in [0.25, 0.3) is 0 Å². The molecule has 0 aliphatic heterocycles. The second kappa shape index (κ2) is 4.57. The van der Waals surface area contributed by atoms with Gasteiger partial charge in [-0.15, -0.1) is 9.24 Å². The molecule has 2 atom stereocenters. The highest BCUT2D eigenvalue weighted by Gasteiger charge is 2.19. The third-order valence-corrected chi connectivity index (χ3v) is 2.89. The van der Waals surface area contributed by atoms with Crippen LogP contribution in [0.4, 0.5) is 0 Å². The number of methoxy groups -OCH3 is 1. The Hall–Kier alpha value is -0.485. The molecule has 15 heavy (non-hydrogen) atoms. The minimum absolute atomic E-state index is 0.117. The van der Waals surface area contributed by atoms with E-state index in [9.17, 15) is 0 Å². The van der Waals surface area contributed by atoms with E-state index in [2.05, 4.69) is 50.0 Å². The Balaban J connectivity index is 3.28. The fourth-order valence-corrected chi connectivity index (χ4v) is 2.00. The SMILES string of the molecule is BC(C)(P)c1ccc(OC)cc1C(C)C. The fraction of sp³-hybridized carbons (Fsp3) is 0.500. The van der Waals surface area contributed by atoms with Gasteiger partial charge in [0, 0.05) is 0 Å². The van der Waals surface area contributed by atoms with Gasteiger partial charge in [-0.2, -0.15) is 0 Å². The van der Waals surface area contributed by atoms with Crippen molar-refractivity contribution in [1.29, 1.82) is 0 Å². The monoisotopic (exact) mass is 222 g/mol. The summed E-state index contributed by atoms with van der Waals surface area (Å²) in [6.07, 6.45) is 0. The van der Waals surface area contributed by atoms with E-state index < -0.39 is 0 Å². The molecule has 0 N–H and O–H groups in total. The lowest BCUT2D eigenvalue weighted by Crippen LogP contribution is -2.15. The van der Waals surface area contributed by atoms with Gasteiger partial charge in [0.1, 0.15) is 13.6 Å². The van der Waals surface area contributed by atoms with Crippen molar-refractivity contribution in [2.24, 2.45) is 0 Å². The molecule has 0 spiro atoms. The summed E-state index contributed by atoms with van der Waals surface area (Å²) in [7, 11) is 6.83. The van der Waals surface area contributed by atoms with Crippen molar-refractivity contribution in [3.8, 4) is 5.75 Å². The van der Waals surface area contributed by atoms with Crippen molar-refractivity contribution >= 4 is 17.1 Å². The molecule has 82 valence electrons. The number of hydrogen-bond acceptors (Lipinski definition) is 1. The van der Waals surface area contributed by atoms with Crippen LogP contribution in [-0.2, 0) is 5.06 Å². The largest absolute Gasteiger partial charge is 0.497 e. The predicted octanol–water partition coefficient (Wildman–Crippen LogP) is 2.50. The van der Waals surface area contributed by atoms with Crippen LogP contribution in [-0.4, -0.2) is 15.0 Å². The minimum Gasteiger partial charge on any atom is -0.497 e. The highest BCUT2D eigenvalue weighted by Crippen LogP contribution is 2.35. The quantitative estimate of drug-likeness (QED) is 0.564. The predicted molar refractivity (Wildman–Crippen MR) is 72.7 cm³/mol. The molecule has 1 nitrogen and oxygen atoms in total. The van der Waals surface area contributed by atoms with E-state index in [1.807, 2.05) is 6.07 Å². The van der Waals surface area contributed by atoms with Crippen LogP contribution >= 0.6 is 9.24 Å². The molecule has 3 heteroatoms. The molecular formula is C12H20BOP. The van der Waals surface area contributed by atoms with Crippen LogP contribution < -0.4 is 4.74 Å². The molecule has 0 radical (unpaired) electrons. The standard InChI is InChI=1S/C12H20BOP/c1-8(2)10-7-9(14-4)5-6-11(10)12(3,13)15/h5-8H,13,15H2,1-4H3. The van der Waals surface area contributed by atoms with Gasteiger partial charge in [0.25, 0.3) is 0 Å². The average molecular weight is 222 g/mol. The van der Waals surface area contributed by atoms with E-state index in [-0.39, 0.29) is 5.06 Å². The summed E-state index contributed by atoms with van der Waals surface area (Å²) < 4.78 is 5.27. The first-order valence-electron chi connectivity index (χ1n) is 5.33. The van der Waals surface area contributed by atoms with E-state index in [1.165, 1.54) is 11.1 Å². The van der Waals surface area contributed by atoms with Gasteiger partial charge in [0.2, 0.25) is 0 Å². The molecule has 0 aromatic heterocycles. The molecule has 1 aromatic carbocycles. The minimum atomic E-state index is 0.117. The Morgan fingerprint density at radius 3 is 2.40 bits per heavy atom. The normalized spacial score (nSPS) is 15.1. The lowest BCUT2D eigenvalue weighted by molar-refractivity contribution is 0.413. The van der Waals surface area contributed by atoms with Gasteiger partial charge in [0.05, 0.1) is 7.11 Å². The maximum Gasteiger partial charge on any atom is 0.119 e. The maximum absolute atomic E-state index is 5.27. The van der Waals surface area contributed by atoms with Crippen LogP contribution in [0.15, 0.2) is 18.2 Å². The van der Waals surface area contributed by atoms with Gasteiger partial charge in [-0.3, -0.25) is 0 Å². The zero-order chi connectivity index (χ0) is 11.6. The fourth-order valence-electron chi connectivity index (χ4n) is 1.73. The maximum atomic E-state index is 5.27. The highest BCUT2D eigenvalue weighted by molar-refractivity contribution is 7.21. The number of hydrogen-bond donors (Lipinski definition) is 0. The number of rotatable bonds is 3. The summed E-state index contributed by atoms with van der Waals surface area (Å²) in [4.78, 5) is 0. The average Bonchev–Trinajstić information content (AvgIpc) is 2.15. The zero-order valence-corrected chi connectivity index (χ0v) is 11.4. The Bertz CT molecular complexity index is 342. The van der Waals surface area contributed by atoms with Crippen LogP contribution in [0.3, 0.4) is 0 Å². The highest BCUT2D eigenvalue weighted by atomic mass is 31.0. The third-order valence-electron chi connectivity index (χ3n) is 2.57. The van der Waals surface area contributed by atoms with Crippen LogP contribution in [0.5, 0.6) is 5.75 Å². The topological polar surface area (TPSA) is 9.23 Å². The molecule has 1 rings (SSSR count). The first kappa shape index (κ1) is 12.6. The Morgan fingerprint density at radius 1 is 1.40 bits per heavy atom. The van der Waals surface area contributed by atoms with Gasteiger partial charge < -0.3 is 4.74 Å². The van der Waals surface area contributed by atoms with Crippen molar-refractivity contribution in [1.82, 2.24) is 0 Å². The molecular weight excluding hydrogens is 202 g/mol. The summed E-state index contributed by atoms with van der Waals surface area (Å²) in [5, 5.41) is 0.117. The van der Waals surface area contributed by atoms with Crippen molar-refractivity contribution in [3.05, 3.63) is 29.3 Å². The molecule has 0 aliphatic carbocycles. The summed E-state index contributed by atoms with van der Waals surface area (Å²) in [6.45, 7) is 6.65. The zero-order valence-electron chi connectivity index (χ0n) is 10.3. The number of ether oxygens (including phenoxy) is 1. The first-order valence-corrected chi connectivity index (χ1v) is 5.91. The molecule has 0 amide bonds. The molecule has 0 aliphatic rings. The summed E-state index contributed by atoms with van der Waals surface area (Å²) >= 11 is 0. The summed E-state index contributed by atoms with van der Waals surface area (Å²) in [5.41, 5.74) is 2.75. The second-order valence-corrected chi connectivity index (χ2v) is 6.27. The van der Waals surface area contributed by atoms with Gasteiger partial charge >= 0.3 is 0 Å². The van der Waals surface area contributed by atoms with Gasteiger partial charge in [-0.05, 0) is 34.2 Å². The van der Waals surface area contributed by atoms with Crippen molar-refractivity contribution in [3.63, 3.8) is 0 Å². The molecule has 1 aromatic rings. The smallest absolute Gasteiger partial charge is 0.119 e.